The second kappa shape index (κ2) is 6.00. The lowest BCUT2D eigenvalue weighted by atomic mass is 10.0. The van der Waals surface area contributed by atoms with Crippen LogP contribution in [0.2, 0.25) is 0 Å². The van der Waals surface area contributed by atoms with E-state index in [0.29, 0.717) is 18.9 Å². The van der Waals surface area contributed by atoms with Crippen LogP contribution in [0.3, 0.4) is 0 Å². The fourth-order valence-electron chi connectivity index (χ4n) is 3.21. The molecular weight excluding hydrogens is 334 g/mol. The number of hydrogen-bond donors (Lipinski definition) is 1. The number of nitrogens with two attached hydrogens (primary N) is 1. The second-order valence-electron chi connectivity index (χ2n) is 6.36. The third-order valence-electron chi connectivity index (χ3n) is 4.58. The first-order chi connectivity index (χ1) is 12.0. The molecule has 0 unspecified atom stereocenters. The molecule has 0 atom stereocenters. The van der Waals surface area contributed by atoms with Crippen LogP contribution >= 0.6 is 11.3 Å². The predicted molar refractivity (Wildman–Crippen MR) is 101 cm³/mol. The first-order valence-electron chi connectivity index (χ1n) is 8.12. The van der Waals surface area contributed by atoms with E-state index in [-0.39, 0.29) is 5.91 Å². The van der Waals surface area contributed by atoms with E-state index < -0.39 is 0 Å². The molecule has 128 valence electrons. The molecule has 0 saturated heterocycles. The summed E-state index contributed by atoms with van der Waals surface area (Å²) in [5.41, 5.74) is 9.02. The SMILES string of the molecule is CN(C)c1ccc(C(=O)N2CCc3c(sc4ncnc(N)c34)C2)cc1. The summed E-state index contributed by atoms with van der Waals surface area (Å²) in [6.07, 6.45) is 2.28. The van der Waals surface area contributed by atoms with Gasteiger partial charge in [0.15, 0.2) is 0 Å². The van der Waals surface area contributed by atoms with E-state index in [9.17, 15) is 4.79 Å². The van der Waals surface area contributed by atoms with Gasteiger partial charge in [-0.25, -0.2) is 9.97 Å². The maximum atomic E-state index is 12.8. The molecule has 0 radical (unpaired) electrons. The van der Waals surface area contributed by atoms with Gasteiger partial charge in [-0.15, -0.1) is 11.3 Å². The van der Waals surface area contributed by atoms with E-state index in [4.69, 9.17) is 5.73 Å². The fourth-order valence-corrected chi connectivity index (χ4v) is 4.42. The lowest BCUT2D eigenvalue weighted by molar-refractivity contribution is 0.0737. The van der Waals surface area contributed by atoms with Crippen molar-refractivity contribution in [2.45, 2.75) is 13.0 Å². The quantitative estimate of drug-likeness (QED) is 0.766. The third-order valence-corrected chi connectivity index (χ3v) is 5.71. The molecule has 1 aliphatic rings. The van der Waals surface area contributed by atoms with Crippen molar-refractivity contribution in [3.05, 3.63) is 46.6 Å². The number of hydrogen-bond acceptors (Lipinski definition) is 6. The molecule has 6 nitrogen and oxygen atoms in total. The Hall–Kier alpha value is -2.67. The second-order valence-corrected chi connectivity index (χ2v) is 7.44. The van der Waals surface area contributed by atoms with Crippen molar-refractivity contribution in [2.24, 2.45) is 0 Å². The van der Waals surface area contributed by atoms with E-state index in [1.807, 2.05) is 48.2 Å². The van der Waals surface area contributed by atoms with Crippen molar-refractivity contribution in [2.75, 3.05) is 31.3 Å². The maximum Gasteiger partial charge on any atom is 0.254 e. The lowest BCUT2D eigenvalue weighted by Crippen LogP contribution is -2.35. The highest BCUT2D eigenvalue weighted by molar-refractivity contribution is 7.19. The van der Waals surface area contributed by atoms with E-state index in [2.05, 4.69) is 9.97 Å². The number of nitrogens with zero attached hydrogens (tertiary/aromatic N) is 4. The molecule has 1 aromatic carbocycles. The molecule has 0 aliphatic carbocycles. The summed E-state index contributed by atoms with van der Waals surface area (Å²) in [7, 11) is 3.97. The molecule has 25 heavy (non-hydrogen) atoms. The van der Waals surface area contributed by atoms with Crippen LogP contribution in [0.1, 0.15) is 20.8 Å². The Kier molecular flexibility index (Phi) is 3.80. The molecule has 1 aliphatic heterocycles. The smallest absolute Gasteiger partial charge is 0.254 e. The van der Waals surface area contributed by atoms with Crippen molar-refractivity contribution in [1.82, 2.24) is 14.9 Å². The van der Waals surface area contributed by atoms with Crippen LogP contribution in [0.4, 0.5) is 11.5 Å². The average Bonchev–Trinajstić information content (AvgIpc) is 3.00. The molecule has 0 spiro atoms. The molecule has 0 bridgehead atoms. The molecule has 0 fully saturated rings. The minimum absolute atomic E-state index is 0.0625. The number of carbonyl (C=O) groups excluding carboxylic acids is 1. The largest absolute Gasteiger partial charge is 0.383 e. The Balaban J connectivity index is 1.60. The van der Waals surface area contributed by atoms with Crippen LogP contribution in [-0.4, -0.2) is 41.4 Å². The molecule has 3 heterocycles. The summed E-state index contributed by atoms with van der Waals surface area (Å²) in [6.45, 7) is 1.28. The van der Waals surface area contributed by atoms with E-state index in [1.165, 1.54) is 11.9 Å². The molecule has 4 rings (SSSR count). The van der Waals surface area contributed by atoms with Crippen molar-refractivity contribution in [3.63, 3.8) is 0 Å². The Labute approximate surface area is 149 Å². The van der Waals surface area contributed by atoms with Crippen LogP contribution in [0.5, 0.6) is 0 Å². The highest BCUT2D eigenvalue weighted by atomic mass is 32.1. The summed E-state index contributed by atoms with van der Waals surface area (Å²) >= 11 is 1.60. The summed E-state index contributed by atoms with van der Waals surface area (Å²) in [6, 6.07) is 7.72. The standard InChI is InChI=1S/C18H19N5OS/c1-22(2)12-5-3-11(4-6-12)18(24)23-8-7-13-14(9-23)25-17-15(13)16(19)20-10-21-17/h3-6,10H,7-9H2,1-2H3,(H2,19,20,21). The molecule has 3 aromatic rings. The van der Waals surface area contributed by atoms with Crippen LogP contribution < -0.4 is 10.6 Å². The summed E-state index contributed by atoms with van der Waals surface area (Å²) in [4.78, 5) is 27.2. The van der Waals surface area contributed by atoms with Gasteiger partial charge in [0.1, 0.15) is 17.0 Å². The summed E-state index contributed by atoms with van der Waals surface area (Å²) in [5, 5.41) is 0.963. The molecule has 2 aromatic heterocycles. The van der Waals surface area contributed by atoms with Crippen molar-refractivity contribution >= 4 is 39.0 Å². The number of amides is 1. The number of carbonyl (C=O) groups is 1. The zero-order valence-corrected chi connectivity index (χ0v) is 15.0. The first-order valence-corrected chi connectivity index (χ1v) is 8.93. The summed E-state index contributed by atoms with van der Waals surface area (Å²) < 4.78 is 0. The van der Waals surface area contributed by atoms with E-state index >= 15 is 0 Å². The van der Waals surface area contributed by atoms with Gasteiger partial charge in [-0.1, -0.05) is 0 Å². The first kappa shape index (κ1) is 15.8. The van der Waals surface area contributed by atoms with Gasteiger partial charge in [0, 0.05) is 36.8 Å². The zero-order valence-electron chi connectivity index (χ0n) is 14.2. The van der Waals surface area contributed by atoms with Gasteiger partial charge in [-0.3, -0.25) is 4.79 Å². The maximum absolute atomic E-state index is 12.8. The number of thiophene rings is 1. The molecule has 7 heteroatoms. The Morgan fingerprint density at radius 3 is 2.72 bits per heavy atom. The molecule has 2 N–H and O–H groups in total. The van der Waals surface area contributed by atoms with Crippen molar-refractivity contribution in [3.8, 4) is 0 Å². The minimum atomic E-state index is 0.0625. The molecular formula is C18H19N5OS. The molecule has 1 amide bonds. The van der Waals surface area contributed by atoms with Crippen LogP contribution in [0.25, 0.3) is 10.2 Å². The van der Waals surface area contributed by atoms with Crippen molar-refractivity contribution < 1.29 is 4.79 Å². The van der Waals surface area contributed by atoms with Gasteiger partial charge in [0.2, 0.25) is 0 Å². The monoisotopic (exact) mass is 353 g/mol. The number of aromatic nitrogens is 2. The van der Waals surface area contributed by atoms with E-state index in [0.717, 1.165) is 32.8 Å². The summed E-state index contributed by atoms with van der Waals surface area (Å²) in [5.74, 6) is 0.592. The fraction of sp³-hybridized carbons (Fsp3) is 0.278. The predicted octanol–water partition coefficient (Wildman–Crippen LogP) is 2.54. The van der Waals surface area contributed by atoms with Crippen LogP contribution in [0.15, 0.2) is 30.6 Å². The van der Waals surface area contributed by atoms with E-state index in [1.54, 1.807) is 11.3 Å². The normalized spacial score (nSPS) is 13.8. The number of rotatable bonds is 2. The average molecular weight is 353 g/mol. The third kappa shape index (κ3) is 2.70. The highest BCUT2D eigenvalue weighted by Crippen LogP contribution is 2.36. The Morgan fingerprint density at radius 1 is 1.24 bits per heavy atom. The van der Waals surface area contributed by atoms with Gasteiger partial charge in [0.05, 0.1) is 11.9 Å². The van der Waals surface area contributed by atoms with Gasteiger partial charge in [-0.2, -0.15) is 0 Å². The Bertz CT molecular complexity index is 948. The lowest BCUT2D eigenvalue weighted by Gasteiger charge is -2.27. The number of anilines is 2. The number of nitrogen functional groups attached to an aromatic ring is 1. The van der Waals surface area contributed by atoms with Gasteiger partial charge in [-0.05, 0) is 36.2 Å². The van der Waals surface area contributed by atoms with Crippen LogP contribution in [-0.2, 0) is 13.0 Å². The van der Waals surface area contributed by atoms with Gasteiger partial charge < -0.3 is 15.5 Å². The number of benzene rings is 1. The van der Waals surface area contributed by atoms with Gasteiger partial charge >= 0.3 is 0 Å². The van der Waals surface area contributed by atoms with Crippen molar-refractivity contribution in [1.29, 1.82) is 0 Å². The zero-order chi connectivity index (χ0) is 17.6. The Morgan fingerprint density at radius 2 is 2.00 bits per heavy atom. The topological polar surface area (TPSA) is 75.4 Å². The van der Waals surface area contributed by atoms with Crippen LogP contribution in [0, 0.1) is 0 Å². The highest BCUT2D eigenvalue weighted by Gasteiger charge is 2.26. The minimum Gasteiger partial charge on any atom is -0.383 e. The molecule has 0 saturated carbocycles. The number of fused-ring (bicyclic) bond motifs is 3. The van der Waals surface area contributed by atoms with Gasteiger partial charge in [0.25, 0.3) is 5.91 Å².